The molecule has 0 atom stereocenters. The highest BCUT2D eigenvalue weighted by atomic mass is 32.2. The molecule has 0 aliphatic carbocycles. The third-order valence-corrected chi connectivity index (χ3v) is 13.1. The van der Waals surface area contributed by atoms with E-state index in [1.165, 1.54) is 91.8 Å². The fourth-order valence-corrected chi connectivity index (χ4v) is 10.9. The van der Waals surface area contributed by atoms with E-state index in [4.69, 9.17) is 4.74 Å². The molecule has 0 saturated carbocycles. The highest BCUT2D eigenvalue weighted by Gasteiger charge is 2.48. The largest absolute Gasteiger partial charge is 0.497 e. The van der Waals surface area contributed by atoms with Crippen molar-refractivity contribution in [2.45, 2.75) is 15.2 Å². The minimum absolute atomic E-state index is 0.684. The van der Waals surface area contributed by atoms with Gasteiger partial charge in [-0.1, -0.05) is 200 Å². The Morgan fingerprint density at radius 2 is 0.643 bits per heavy atom. The van der Waals surface area contributed by atoms with E-state index in [0.29, 0.717) is 0 Å². The average Bonchev–Trinajstić information content (AvgIpc) is 3.29. The normalized spacial score (nSPS) is 13.2. The lowest BCUT2D eigenvalue weighted by molar-refractivity contribution is 0.415. The molecule has 56 heavy (non-hydrogen) atoms. The Hall–Kier alpha value is -6.61. The first-order chi connectivity index (χ1) is 27.7. The van der Waals surface area contributed by atoms with Crippen molar-refractivity contribution in [2.75, 3.05) is 7.11 Å². The molecule has 10 aromatic rings. The highest BCUT2D eigenvalue weighted by Crippen LogP contribution is 2.62. The van der Waals surface area contributed by atoms with Gasteiger partial charge in [0.25, 0.3) is 0 Å². The standard InChI is InChI=1S/C54H36OS/c1-55-41-33-27-38(28-34-41)37-25-31-40(32-26-37)54(39-29-23-36(24-30-39)35-13-3-2-4-14-35)50-46-19-9-5-15-42(46)44-17-7-11-21-48(44)52(50)56-53-49-22-12-8-18-45(49)43-16-6-10-20-47(43)51(53)54/h2-34H,1H3. The van der Waals surface area contributed by atoms with Crippen molar-refractivity contribution >= 4 is 54.9 Å². The van der Waals surface area contributed by atoms with Crippen LogP contribution in [0.3, 0.4) is 0 Å². The molecule has 2 heteroatoms. The lowest BCUT2D eigenvalue weighted by atomic mass is 9.62. The van der Waals surface area contributed by atoms with Gasteiger partial charge in [-0.2, -0.15) is 0 Å². The molecular formula is C54H36OS. The summed E-state index contributed by atoms with van der Waals surface area (Å²) in [5, 5.41) is 10.2. The number of ether oxygens (including phenoxy) is 1. The van der Waals surface area contributed by atoms with Crippen LogP contribution < -0.4 is 4.74 Å². The maximum Gasteiger partial charge on any atom is 0.118 e. The van der Waals surface area contributed by atoms with E-state index in [9.17, 15) is 0 Å². The summed E-state index contributed by atoms with van der Waals surface area (Å²) in [5.74, 6) is 0.856. The predicted octanol–water partition coefficient (Wildman–Crippen LogP) is 14.5. The SMILES string of the molecule is COc1ccc(-c2ccc(C3(c4ccc(-c5ccccc5)cc4)c4c(c5ccccc5c5ccccc45)Sc4c3c3ccccc3c3ccccc43)cc2)cc1. The molecule has 10 aromatic carbocycles. The maximum absolute atomic E-state index is 5.50. The summed E-state index contributed by atoms with van der Waals surface area (Å²) in [6.07, 6.45) is 0. The molecule has 0 amide bonds. The predicted molar refractivity (Wildman–Crippen MR) is 236 cm³/mol. The highest BCUT2D eigenvalue weighted by molar-refractivity contribution is 8.00. The Bertz CT molecular complexity index is 2980. The summed E-state index contributed by atoms with van der Waals surface area (Å²) in [6, 6.07) is 74.1. The zero-order valence-corrected chi connectivity index (χ0v) is 31.7. The molecule has 0 bridgehead atoms. The minimum atomic E-state index is -0.684. The summed E-state index contributed by atoms with van der Waals surface area (Å²) in [6.45, 7) is 0. The minimum Gasteiger partial charge on any atom is -0.497 e. The van der Waals surface area contributed by atoms with Crippen LogP contribution in [0.15, 0.2) is 210 Å². The second-order valence-electron chi connectivity index (χ2n) is 14.7. The van der Waals surface area contributed by atoms with Gasteiger partial charge in [-0.3, -0.25) is 0 Å². The van der Waals surface area contributed by atoms with Gasteiger partial charge in [0, 0.05) is 9.79 Å². The second-order valence-corrected chi connectivity index (χ2v) is 15.7. The zero-order valence-electron chi connectivity index (χ0n) is 30.9. The molecule has 0 N–H and O–H groups in total. The molecule has 0 radical (unpaired) electrons. The average molecular weight is 733 g/mol. The molecule has 0 saturated heterocycles. The van der Waals surface area contributed by atoms with Crippen LogP contribution in [0.1, 0.15) is 22.3 Å². The van der Waals surface area contributed by atoms with Crippen LogP contribution in [0.2, 0.25) is 0 Å². The molecule has 0 unspecified atom stereocenters. The zero-order chi connectivity index (χ0) is 37.2. The molecule has 0 aromatic heterocycles. The van der Waals surface area contributed by atoms with Crippen LogP contribution in [0.5, 0.6) is 5.75 Å². The van der Waals surface area contributed by atoms with Crippen LogP contribution in [0.4, 0.5) is 0 Å². The fraction of sp³-hybridized carbons (Fsp3) is 0.0370. The van der Waals surface area contributed by atoms with Crippen molar-refractivity contribution in [2.24, 2.45) is 0 Å². The van der Waals surface area contributed by atoms with E-state index in [2.05, 4.69) is 188 Å². The van der Waals surface area contributed by atoms with Crippen molar-refractivity contribution < 1.29 is 4.74 Å². The summed E-state index contributed by atoms with van der Waals surface area (Å²) >= 11 is 1.95. The quantitative estimate of drug-likeness (QED) is 0.163. The summed E-state index contributed by atoms with van der Waals surface area (Å²) < 4.78 is 5.50. The number of rotatable bonds is 5. The summed E-state index contributed by atoms with van der Waals surface area (Å²) in [7, 11) is 1.72. The fourth-order valence-electron chi connectivity index (χ4n) is 9.39. The lowest BCUT2D eigenvalue weighted by Gasteiger charge is -2.44. The van der Waals surface area contributed by atoms with Gasteiger partial charge in [-0.05, 0) is 99.7 Å². The van der Waals surface area contributed by atoms with E-state index in [0.717, 1.165) is 11.3 Å². The van der Waals surface area contributed by atoms with Crippen molar-refractivity contribution in [3.05, 3.63) is 222 Å². The monoisotopic (exact) mass is 732 g/mol. The first-order valence-corrected chi connectivity index (χ1v) is 20.0. The second kappa shape index (κ2) is 13.0. The van der Waals surface area contributed by atoms with E-state index >= 15 is 0 Å². The molecular weight excluding hydrogens is 697 g/mol. The van der Waals surface area contributed by atoms with Crippen LogP contribution in [0.25, 0.3) is 65.3 Å². The van der Waals surface area contributed by atoms with Gasteiger partial charge in [0.2, 0.25) is 0 Å². The van der Waals surface area contributed by atoms with E-state index in [-0.39, 0.29) is 0 Å². The van der Waals surface area contributed by atoms with Gasteiger partial charge in [-0.15, -0.1) is 0 Å². The van der Waals surface area contributed by atoms with Gasteiger partial charge in [-0.25, -0.2) is 0 Å². The summed E-state index contributed by atoms with van der Waals surface area (Å²) in [4.78, 5) is 2.64. The third kappa shape index (κ3) is 4.82. The Kier molecular flexibility index (Phi) is 7.62. The first kappa shape index (κ1) is 32.8. The number of methoxy groups -OCH3 is 1. The number of fused-ring (bicyclic) bond motifs is 12. The van der Waals surface area contributed by atoms with Gasteiger partial charge in [0.05, 0.1) is 12.5 Å². The molecule has 1 nitrogen and oxygen atoms in total. The lowest BCUT2D eigenvalue weighted by Crippen LogP contribution is -2.35. The Balaban J connectivity index is 1.33. The summed E-state index contributed by atoms with van der Waals surface area (Å²) in [5.41, 5.74) is 9.24. The van der Waals surface area contributed by atoms with E-state index in [1.54, 1.807) is 7.11 Å². The van der Waals surface area contributed by atoms with Crippen molar-refractivity contribution in [1.29, 1.82) is 0 Å². The Labute approximate surface area is 330 Å². The molecule has 264 valence electrons. The maximum atomic E-state index is 5.50. The first-order valence-electron chi connectivity index (χ1n) is 19.2. The number of hydrogen-bond donors (Lipinski definition) is 0. The topological polar surface area (TPSA) is 9.23 Å². The molecule has 0 spiro atoms. The van der Waals surface area contributed by atoms with Gasteiger partial charge in [0.1, 0.15) is 5.75 Å². The van der Waals surface area contributed by atoms with Crippen LogP contribution in [-0.2, 0) is 5.41 Å². The van der Waals surface area contributed by atoms with Crippen molar-refractivity contribution in [3.63, 3.8) is 0 Å². The molecule has 1 aliphatic heterocycles. The third-order valence-electron chi connectivity index (χ3n) is 11.9. The Morgan fingerprint density at radius 3 is 1.05 bits per heavy atom. The van der Waals surface area contributed by atoms with Gasteiger partial charge >= 0.3 is 0 Å². The van der Waals surface area contributed by atoms with Crippen molar-refractivity contribution in [1.82, 2.24) is 0 Å². The van der Waals surface area contributed by atoms with Crippen LogP contribution in [-0.4, -0.2) is 7.11 Å². The van der Waals surface area contributed by atoms with Gasteiger partial charge < -0.3 is 4.74 Å². The molecule has 0 fully saturated rings. The number of benzene rings is 10. The van der Waals surface area contributed by atoms with E-state index < -0.39 is 5.41 Å². The van der Waals surface area contributed by atoms with Crippen molar-refractivity contribution in [3.8, 4) is 28.0 Å². The van der Waals surface area contributed by atoms with Crippen LogP contribution >= 0.6 is 11.8 Å². The number of hydrogen-bond acceptors (Lipinski definition) is 2. The Morgan fingerprint density at radius 1 is 0.321 bits per heavy atom. The van der Waals surface area contributed by atoms with Gasteiger partial charge in [0.15, 0.2) is 0 Å². The molecule has 1 aliphatic rings. The smallest absolute Gasteiger partial charge is 0.118 e. The molecule has 11 rings (SSSR count). The molecule has 1 heterocycles. The van der Waals surface area contributed by atoms with E-state index in [1.807, 2.05) is 23.9 Å². The van der Waals surface area contributed by atoms with Crippen LogP contribution in [0, 0.1) is 0 Å².